The van der Waals surface area contributed by atoms with Crippen molar-refractivity contribution in [3.63, 3.8) is 0 Å². The molecular weight excluding hydrogens is 230 g/mol. The summed E-state index contributed by atoms with van der Waals surface area (Å²) in [5, 5.41) is 0. The number of methoxy groups -OCH3 is 1. The van der Waals surface area contributed by atoms with Crippen LogP contribution in [0, 0.1) is 0 Å². The van der Waals surface area contributed by atoms with Crippen molar-refractivity contribution in [1.29, 1.82) is 0 Å². The quantitative estimate of drug-likeness (QED) is 0.820. The minimum absolute atomic E-state index is 0.205. The van der Waals surface area contributed by atoms with Gasteiger partial charge in [0.2, 0.25) is 0 Å². The third kappa shape index (κ3) is 2.82. The summed E-state index contributed by atoms with van der Waals surface area (Å²) in [4.78, 5) is 11.4. The maximum Gasteiger partial charge on any atom is 0.309 e. The fourth-order valence-corrected chi connectivity index (χ4v) is 2.33. The van der Waals surface area contributed by atoms with Crippen molar-refractivity contribution >= 4 is 5.97 Å². The Bertz CT molecular complexity index is 431. The van der Waals surface area contributed by atoms with Gasteiger partial charge in [0.15, 0.2) is 0 Å². The average Bonchev–Trinajstić information content (AvgIpc) is 2.39. The Kier molecular flexibility index (Phi) is 4.20. The molecule has 4 nitrogen and oxygen atoms in total. The number of esters is 1. The molecule has 1 aromatic carbocycles. The number of benzene rings is 1. The molecule has 18 heavy (non-hydrogen) atoms. The number of hydrogen-bond donors (Lipinski definition) is 1. The van der Waals surface area contributed by atoms with Crippen molar-refractivity contribution in [2.75, 3.05) is 13.7 Å². The van der Waals surface area contributed by atoms with Gasteiger partial charge in [0.25, 0.3) is 0 Å². The molecule has 2 N–H and O–H groups in total. The van der Waals surface area contributed by atoms with Gasteiger partial charge in [-0.2, -0.15) is 0 Å². The minimum Gasteiger partial charge on any atom is -0.490 e. The average molecular weight is 249 g/mol. The summed E-state index contributed by atoms with van der Waals surface area (Å²) >= 11 is 0. The van der Waals surface area contributed by atoms with Crippen LogP contribution < -0.4 is 10.5 Å². The molecule has 4 heteroatoms. The Balaban J connectivity index is 2.16. The second kappa shape index (κ2) is 5.87. The topological polar surface area (TPSA) is 61.5 Å². The zero-order chi connectivity index (χ0) is 13.0. The molecule has 1 aliphatic rings. The Hall–Kier alpha value is -1.55. The SMILES string of the molecule is COC(=O)Cc1cccc2c1CCC(CCN)O2. The summed E-state index contributed by atoms with van der Waals surface area (Å²) in [6.45, 7) is 0.641. The first-order valence-corrected chi connectivity index (χ1v) is 6.29. The molecule has 0 radical (unpaired) electrons. The predicted octanol–water partition coefficient (Wildman–Crippen LogP) is 1.44. The summed E-state index contributed by atoms with van der Waals surface area (Å²) in [7, 11) is 1.41. The Morgan fingerprint density at radius 2 is 2.39 bits per heavy atom. The third-order valence-electron chi connectivity index (χ3n) is 3.29. The predicted molar refractivity (Wildman–Crippen MR) is 68.6 cm³/mol. The van der Waals surface area contributed by atoms with E-state index in [-0.39, 0.29) is 12.1 Å². The lowest BCUT2D eigenvalue weighted by Gasteiger charge is -2.27. The van der Waals surface area contributed by atoms with Gasteiger partial charge in [-0.3, -0.25) is 4.79 Å². The van der Waals surface area contributed by atoms with Crippen molar-refractivity contribution in [3.05, 3.63) is 29.3 Å². The molecule has 1 unspecified atom stereocenters. The van der Waals surface area contributed by atoms with Gasteiger partial charge < -0.3 is 15.2 Å². The van der Waals surface area contributed by atoms with Crippen LogP contribution in [-0.4, -0.2) is 25.7 Å². The van der Waals surface area contributed by atoms with E-state index in [0.717, 1.165) is 36.1 Å². The number of carbonyl (C=O) groups is 1. The van der Waals surface area contributed by atoms with Crippen molar-refractivity contribution in [2.24, 2.45) is 5.73 Å². The standard InChI is InChI=1S/C14H19NO3/c1-17-14(16)9-10-3-2-4-13-12(10)6-5-11(18-13)7-8-15/h2-4,11H,5-9,15H2,1H3. The van der Waals surface area contributed by atoms with E-state index in [2.05, 4.69) is 0 Å². The third-order valence-corrected chi connectivity index (χ3v) is 3.29. The molecular formula is C14H19NO3. The molecule has 1 aliphatic heterocycles. The van der Waals surface area contributed by atoms with Crippen LogP contribution in [0.4, 0.5) is 0 Å². The maximum atomic E-state index is 11.4. The lowest BCUT2D eigenvalue weighted by molar-refractivity contribution is -0.139. The van der Waals surface area contributed by atoms with E-state index in [0.29, 0.717) is 13.0 Å². The molecule has 1 atom stereocenters. The Labute approximate surface area is 107 Å². The molecule has 98 valence electrons. The first kappa shape index (κ1) is 12.9. The van der Waals surface area contributed by atoms with Crippen LogP contribution in [0.2, 0.25) is 0 Å². The molecule has 0 amide bonds. The van der Waals surface area contributed by atoms with E-state index < -0.39 is 0 Å². The lowest BCUT2D eigenvalue weighted by Crippen LogP contribution is -2.26. The van der Waals surface area contributed by atoms with Crippen LogP contribution in [0.5, 0.6) is 5.75 Å². The van der Waals surface area contributed by atoms with Crippen molar-refractivity contribution in [3.8, 4) is 5.75 Å². The van der Waals surface area contributed by atoms with Gasteiger partial charge in [-0.15, -0.1) is 0 Å². The van der Waals surface area contributed by atoms with Crippen LogP contribution in [0.15, 0.2) is 18.2 Å². The van der Waals surface area contributed by atoms with Crippen LogP contribution in [0.1, 0.15) is 24.0 Å². The normalized spacial score (nSPS) is 17.8. The van der Waals surface area contributed by atoms with Crippen LogP contribution >= 0.6 is 0 Å². The number of rotatable bonds is 4. The second-order valence-corrected chi connectivity index (χ2v) is 4.50. The maximum absolute atomic E-state index is 11.4. The summed E-state index contributed by atoms with van der Waals surface area (Å²) in [5.41, 5.74) is 7.69. The van der Waals surface area contributed by atoms with Crippen molar-refractivity contribution < 1.29 is 14.3 Å². The van der Waals surface area contributed by atoms with E-state index in [1.54, 1.807) is 0 Å². The monoisotopic (exact) mass is 249 g/mol. The molecule has 0 saturated carbocycles. The zero-order valence-electron chi connectivity index (χ0n) is 10.6. The van der Waals surface area contributed by atoms with Gasteiger partial charge in [0, 0.05) is 0 Å². The number of fused-ring (bicyclic) bond motifs is 1. The number of ether oxygens (including phenoxy) is 2. The van der Waals surface area contributed by atoms with E-state index in [1.165, 1.54) is 7.11 Å². The first-order chi connectivity index (χ1) is 8.74. The number of hydrogen-bond acceptors (Lipinski definition) is 4. The van der Waals surface area contributed by atoms with Gasteiger partial charge >= 0.3 is 5.97 Å². The Morgan fingerprint density at radius 3 is 3.11 bits per heavy atom. The zero-order valence-corrected chi connectivity index (χ0v) is 10.6. The van der Waals surface area contributed by atoms with Crippen molar-refractivity contribution in [2.45, 2.75) is 31.8 Å². The molecule has 0 aliphatic carbocycles. The molecule has 0 bridgehead atoms. The fourth-order valence-electron chi connectivity index (χ4n) is 2.33. The van der Waals surface area contributed by atoms with Crippen LogP contribution in [-0.2, 0) is 22.4 Å². The van der Waals surface area contributed by atoms with Gasteiger partial charge in [-0.25, -0.2) is 0 Å². The van der Waals surface area contributed by atoms with Crippen molar-refractivity contribution in [1.82, 2.24) is 0 Å². The largest absolute Gasteiger partial charge is 0.490 e. The smallest absolute Gasteiger partial charge is 0.309 e. The highest BCUT2D eigenvalue weighted by Crippen LogP contribution is 2.31. The summed E-state index contributed by atoms with van der Waals surface area (Å²) in [5.74, 6) is 0.675. The highest BCUT2D eigenvalue weighted by Gasteiger charge is 2.22. The second-order valence-electron chi connectivity index (χ2n) is 4.50. The molecule has 0 fully saturated rings. The minimum atomic E-state index is -0.215. The van der Waals surface area contributed by atoms with Crippen LogP contribution in [0.25, 0.3) is 0 Å². The number of carbonyl (C=O) groups excluding carboxylic acids is 1. The lowest BCUT2D eigenvalue weighted by atomic mass is 9.94. The number of nitrogens with two attached hydrogens (primary N) is 1. The summed E-state index contributed by atoms with van der Waals surface area (Å²) in [6.07, 6.45) is 3.29. The van der Waals surface area contributed by atoms with Crippen LogP contribution in [0.3, 0.4) is 0 Å². The molecule has 1 heterocycles. The van der Waals surface area contributed by atoms with E-state index in [1.807, 2.05) is 18.2 Å². The fraction of sp³-hybridized carbons (Fsp3) is 0.500. The first-order valence-electron chi connectivity index (χ1n) is 6.29. The molecule has 1 aromatic rings. The highest BCUT2D eigenvalue weighted by atomic mass is 16.5. The van der Waals surface area contributed by atoms with E-state index >= 15 is 0 Å². The molecule has 0 spiro atoms. The van der Waals surface area contributed by atoms with Gasteiger partial charge in [-0.1, -0.05) is 12.1 Å². The van der Waals surface area contributed by atoms with Gasteiger partial charge in [-0.05, 0) is 43.0 Å². The molecule has 2 rings (SSSR count). The Morgan fingerprint density at radius 1 is 1.56 bits per heavy atom. The van der Waals surface area contributed by atoms with E-state index in [9.17, 15) is 4.79 Å². The summed E-state index contributed by atoms with van der Waals surface area (Å²) < 4.78 is 10.6. The van der Waals surface area contributed by atoms with Gasteiger partial charge in [0.05, 0.1) is 13.5 Å². The highest BCUT2D eigenvalue weighted by molar-refractivity contribution is 5.73. The molecule has 0 saturated heterocycles. The van der Waals surface area contributed by atoms with E-state index in [4.69, 9.17) is 15.2 Å². The molecule has 0 aromatic heterocycles. The summed E-state index contributed by atoms with van der Waals surface area (Å²) in [6, 6.07) is 5.84. The van der Waals surface area contributed by atoms with Gasteiger partial charge in [0.1, 0.15) is 11.9 Å².